The molecular formula is C19H18Cl3FN2O2. The molecule has 0 heterocycles. The van der Waals surface area contributed by atoms with Crippen LogP contribution >= 0.6 is 34.8 Å². The Balaban J connectivity index is 1.89. The third-order valence-electron chi connectivity index (χ3n) is 3.91. The van der Waals surface area contributed by atoms with Gasteiger partial charge in [-0.25, -0.2) is 4.39 Å². The van der Waals surface area contributed by atoms with E-state index < -0.39 is 17.3 Å². The minimum absolute atomic E-state index is 0.0118. The number of carbonyl (C=O) groups excluding carboxylic acids is 2. The summed E-state index contributed by atoms with van der Waals surface area (Å²) < 4.78 is 13.0. The van der Waals surface area contributed by atoms with E-state index in [1.54, 1.807) is 18.2 Å². The van der Waals surface area contributed by atoms with Crippen molar-refractivity contribution in [3.8, 4) is 0 Å². The Morgan fingerprint density at radius 1 is 1.00 bits per heavy atom. The van der Waals surface area contributed by atoms with Crippen LogP contribution in [0.25, 0.3) is 0 Å². The van der Waals surface area contributed by atoms with Crippen LogP contribution in [0.5, 0.6) is 0 Å². The highest BCUT2D eigenvalue weighted by molar-refractivity contribution is 6.42. The molecule has 144 valence electrons. The average molecular weight is 432 g/mol. The van der Waals surface area contributed by atoms with Crippen LogP contribution in [0.2, 0.25) is 15.1 Å². The van der Waals surface area contributed by atoms with Gasteiger partial charge in [0.15, 0.2) is 0 Å². The van der Waals surface area contributed by atoms with Crippen molar-refractivity contribution >= 4 is 46.6 Å². The molecule has 4 nitrogen and oxygen atoms in total. The van der Waals surface area contributed by atoms with Crippen molar-refractivity contribution in [3.05, 3.63) is 68.4 Å². The standard InChI is InChI=1S/C19H18Cl3FN2O2/c1-19(2,11-3-6-14(20)16(22)9-11)25-17(26)7-8-24-18(27)13-5-4-12(23)10-15(13)21/h3-6,9-10H,7-8H2,1-2H3,(H,24,27)(H,25,26). The molecule has 2 amide bonds. The van der Waals surface area contributed by atoms with Gasteiger partial charge in [-0.1, -0.05) is 40.9 Å². The van der Waals surface area contributed by atoms with Gasteiger partial charge in [0.2, 0.25) is 5.91 Å². The van der Waals surface area contributed by atoms with Gasteiger partial charge in [0.1, 0.15) is 5.82 Å². The summed E-state index contributed by atoms with van der Waals surface area (Å²) in [7, 11) is 0. The van der Waals surface area contributed by atoms with Gasteiger partial charge in [-0.3, -0.25) is 9.59 Å². The van der Waals surface area contributed by atoms with Gasteiger partial charge >= 0.3 is 0 Å². The van der Waals surface area contributed by atoms with Crippen LogP contribution in [0.4, 0.5) is 4.39 Å². The van der Waals surface area contributed by atoms with Gasteiger partial charge < -0.3 is 10.6 Å². The zero-order valence-corrected chi connectivity index (χ0v) is 17.0. The lowest BCUT2D eigenvalue weighted by Gasteiger charge is -2.27. The summed E-state index contributed by atoms with van der Waals surface area (Å²) in [5, 5.41) is 6.32. The Labute approximate surface area is 172 Å². The number of amides is 2. The lowest BCUT2D eigenvalue weighted by atomic mass is 9.94. The SMILES string of the molecule is CC(C)(NC(=O)CCNC(=O)c1ccc(F)cc1Cl)c1ccc(Cl)c(Cl)c1. The predicted molar refractivity (Wildman–Crippen MR) is 106 cm³/mol. The molecule has 0 aliphatic rings. The number of carbonyl (C=O) groups is 2. The molecule has 0 radical (unpaired) electrons. The second kappa shape index (κ2) is 8.91. The van der Waals surface area contributed by atoms with Crippen molar-refractivity contribution in [1.82, 2.24) is 10.6 Å². The maximum Gasteiger partial charge on any atom is 0.252 e. The van der Waals surface area contributed by atoms with Crippen LogP contribution in [0.1, 0.15) is 36.2 Å². The Bertz CT molecular complexity index is 872. The van der Waals surface area contributed by atoms with Crippen molar-refractivity contribution in [2.45, 2.75) is 25.8 Å². The van der Waals surface area contributed by atoms with Crippen LogP contribution in [-0.4, -0.2) is 18.4 Å². The molecule has 0 bridgehead atoms. The topological polar surface area (TPSA) is 58.2 Å². The monoisotopic (exact) mass is 430 g/mol. The minimum Gasteiger partial charge on any atom is -0.351 e. The normalized spacial score (nSPS) is 11.2. The summed E-state index contributed by atoms with van der Waals surface area (Å²) in [4.78, 5) is 24.3. The van der Waals surface area contributed by atoms with E-state index in [1.807, 2.05) is 13.8 Å². The fourth-order valence-corrected chi connectivity index (χ4v) is 2.98. The molecule has 0 unspecified atom stereocenters. The van der Waals surface area contributed by atoms with E-state index in [9.17, 15) is 14.0 Å². The zero-order valence-electron chi connectivity index (χ0n) is 14.7. The van der Waals surface area contributed by atoms with Gasteiger partial charge in [-0.2, -0.15) is 0 Å². The van der Waals surface area contributed by atoms with E-state index >= 15 is 0 Å². The van der Waals surface area contributed by atoms with E-state index in [1.165, 1.54) is 6.07 Å². The summed E-state index contributed by atoms with van der Waals surface area (Å²) in [5.41, 5.74) is 0.275. The zero-order chi connectivity index (χ0) is 20.2. The number of halogens is 4. The number of hydrogen-bond acceptors (Lipinski definition) is 2. The van der Waals surface area contributed by atoms with E-state index in [4.69, 9.17) is 34.8 Å². The molecule has 0 fully saturated rings. The molecule has 2 aromatic carbocycles. The number of rotatable bonds is 6. The molecule has 0 aromatic heterocycles. The molecule has 2 aromatic rings. The third-order valence-corrected chi connectivity index (χ3v) is 4.96. The van der Waals surface area contributed by atoms with Crippen molar-refractivity contribution in [3.63, 3.8) is 0 Å². The van der Waals surface area contributed by atoms with Crippen LogP contribution < -0.4 is 10.6 Å². The first kappa shape index (κ1) is 21.5. The highest BCUT2D eigenvalue weighted by Gasteiger charge is 2.23. The molecule has 27 heavy (non-hydrogen) atoms. The van der Waals surface area contributed by atoms with Crippen LogP contribution in [0, 0.1) is 5.82 Å². The second-order valence-electron chi connectivity index (χ2n) is 6.43. The van der Waals surface area contributed by atoms with E-state index in [0.717, 1.165) is 17.7 Å². The summed E-state index contributed by atoms with van der Waals surface area (Å²) >= 11 is 17.8. The minimum atomic E-state index is -0.671. The maximum atomic E-state index is 13.0. The maximum absolute atomic E-state index is 13.0. The summed E-state index contributed by atoms with van der Waals surface area (Å²) in [6.45, 7) is 3.78. The van der Waals surface area contributed by atoms with E-state index in [0.29, 0.717) is 10.0 Å². The van der Waals surface area contributed by atoms with Gasteiger partial charge in [0.05, 0.1) is 26.2 Å². The first-order chi connectivity index (χ1) is 12.6. The summed E-state index contributed by atoms with van der Waals surface area (Å²) in [6.07, 6.45) is 0.0648. The lowest BCUT2D eigenvalue weighted by molar-refractivity contribution is -0.122. The molecule has 0 aliphatic heterocycles. The molecule has 0 aliphatic carbocycles. The highest BCUT2D eigenvalue weighted by Crippen LogP contribution is 2.28. The van der Waals surface area contributed by atoms with Crippen LogP contribution in [-0.2, 0) is 10.3 Å². The molecular weight excluding hydrogens is 414 g/mol. The first-order valence-electron chi connectivity index (χ1n) is 8.10. The lowest BCUT2D eigenvalue weighted by Crippen LogP contribution is -2.42. The van der Waals surface area contributed by atoms with Crippen molar-refractivity contribution < 1.29 is 14.0 Å². The van der Waals surface area contributed by atoms with E-state index in [-0.39, 0.29) is 29.5 Å². The molecule has 0 atom stereocenters. The average Bonchev–Trinajstić information content (AvgIpc) is 2.56. The number of benzene rings is 2. The van der Waals surface area contributed by atoms with Gasteiger partial charge in [0, 0.05) is 13.0 Å². The molecule has 0 saturated carbocycles. The van der Waals surface area contributed by atoms with Gasteiger partial charge in [0.25, 0.3) is 5.91 Å². The molecule has 2 N–H and O–H groups in total. The Morgan fingerprint density at radius 3 is 2.33 bits per heavy atom. The Hall–Kier alpha value is -1.82. The van der Waals surface area contributed by atoms with E-state index in [2.05, 4.69) is 10.6 Å². The number of hydrogen-bond donors (Lipinski definition) is 2. The largest absolute Gasteiger partial charge is 0.351 e. The van der Waals surface area contributed by atoms with Crippen molar-refractivity contribution in [2.75, 3.05) is 6.54 Å². The molecule has 8 heteroatoms. The quantitative estimate of drug-likeness (QED) is 0.679. The van der Waals surface area contributed by atoms with Crippen LogP contribution in [0.3, 0.4) is 0 Å². The molecule has 0 saturated heterocycles. The van der Waals surface area contributed by atoms with Crippen LogP contribution in [0.15, 0.2) is 36.4 Å². The summed E-state index contributed by atoms with van der Waals surface area (Å²) in [5.74, 6) is -1.26. The summed E-state index contributed by atoms with van der Waals surface area (Å²) in [6, 6.07) is 8.64. The molecule has 2 rings (SSSR count). The number of nitrogens with one attached hydrogen (secondary N) is 2. The second-order valence-corrected chi connectivity index (χ2v) is 7.65. The fourth-order valence-electron chi connectivity index (χ4n) is 2.43. The Morgan fingerprint density at radius 2 is 1.70 bits per heavy atom. The smallest absolute Gasteiger partial charge is 0.252 e. The molecule has 0 spiro atoms. The fraction of sp³-hybridized carbons (Fsp3) is 0.263. The third kappa shape index (κ3) is 5.83. The predicted octanol–water partition coefficient (Wildman–Crippen LogP) is 4.96. The highest BCUT2D eigenvalue weighted by atomic mass is 35.5. The Kier molecular flexibility index (Phi) is 7.09. The van der Waals surface area contributed by atoms with Gasteiger partial charge in [-0.05, 0) is 49.7 Å². The van der Waals surface area contributed by atoms with Gasteiger partial charge in [-0.15, -0.1) is 0 Å². The first-order valence-corrected chi connectivity index (χ1v) is 9.23. The van der Waals surface area contributed by atoms with Crippen molar-refractivity contribution in [2.24, 2.45) is 0 Å². The van der Waals surface area contributed by atoms with Crippen molar-refractivity contribution in [1.29, 1.82) is 0 Å².